The largest absolute Gasteiger partial charge is 0.326 e. The Hall–Kier alpha value is -3.36. The molecule has 0 spiro atoms. The molecule has 0 heterocycles. The van der Waals surface area contributed by atoms with Gasteiger partial charge in [0.2, 0.25) is 5.91 Å². The van der Waals surface area contributed by atoms with Crippen molar-refractivity contribution in [3.8, 4) is 0 Å². The van der Waals surface area contributed by atoms with Crippen molar-refractivity contribution in [2.24, 2.45) is 5.92 Å². The summed E-state index contributed by atoms with van der Waals surface area (Å²) in [6.45, 7) is 3.60. The molecule has 9 heteroatoms. The maximum atomic E-state index is 12.5. The zero-order valence-electron chi connectivity index (χ0n) is 17.4. The first-order valence-electron chi connectivity index (χ1n) is 9.75. The van der Waals surface area contributed by atoms with Gasteiger partial charge in [-0.2, -0.15) is 0 Å². The zero-order chi connectivity index (χ0) is 23.3. The summed E-state index contributed by atoms with van der Waals surface area (Å²) in [7, 11) is -3.81. The van der Waals surface area contributed by atoms with Crippen LogP contribution in [0.1, 0.15) is 24.2 Å². The van der Waals surface area contributed by atoms with E-state index in [1.165, 1.54) is 24.3 Å². The van der Waals surface area contributed by atoms with Crippen LogP contribution in [0.15, 0.2) is 77.7 Å². The molecule has 0 bridgehead atoms. The van der Waals surface area contributed by atoms with E-state index in [4.69, 9.17) is 11.6 Å². The normalized spacial score (nSPS) is 11.1. The van der Waals surface area contributed by atoms with Crippen LogP contribution in [-0.4, -0.2) is 20.2 Å². The van der Waals surface area contributed by atoms with Crippen molar-refractivity contribution in [2.75, 3.05) is 15.4 Å². The quantitative estimate of drug-likeness (QED) is 0.451. The lowest BCUT2D eigenvalue weighted by Crippen LogP contribution is -2.17. The van der Waals surface area contributed by atoms with E-state index in [0.717, 1.165) is 0 Å². The number of anilines is 3. The van der Waals surface area contributed by atoms with Crippen LogP contribution in [0.25, 0.3) is 0 Å². The molecule has 0 saturated heterocycles. The van der Waals surface area contributed by atoms with Crippen molar-refractivity contribution in [1.29, 1.82) is 0 Å². The molecule has 3 aromatic rings. The van der Waals surface area contributed by atoms with Gasteiger partial charge in [-0.15, -0.1) is 0 Å². The van der Waals surface area contributed by atoms with E-state index < -0.39 is 15.9 Å². The second-order valence-corrected chi connectivity index (χ2v) is 9.43. The molecule has 166 valence electrons. The van der Waals surface area contributed by atoms with Crippen molar-refractivity contribution in [3.63, 3.8) is 0 Å². The van der Waals surface area contributed by atoms with Gasteiger partial charge in [0.1, 0.15) is 0 Å². The maximum absolute atomic E-state index is 12.5. The first-order chi connectivity index (χ1) is 15.1. The number of amides is 2. The van der Waals surface area contributed by atoms with Gasteiger partial charge < -0.3 is 10.6 Å². The second-order valence-electron chi connectivity index (χ2n) is 7.31. The van der Waals surface area contributed by atoms with Crippen LogP contribution in [0.4, 0.5) is 17.1 Å². The van der Waals surface area contributed by atoms with Gasteiger partial charge in [-0.05, 0) is 72.8 Å². The Balaban J connectivity index is 1.64. The summed E-state index contributed by atoms with van der Waals surface area (Å²) < 4.78 is 27.5. The molecule has 3 aromatic carbocycles. The highest BCUT2D eigenvalue weighted by Gasteiger charge is 2.15. The third-order valence-corrected chi connectivity index (χ3v) is 6.11. The first-order valence-corrected chi connectivity index (χ1v) is 11.6. The molecule has 32 heavy (non-hydrogen) atoms. The van der Waals surface area contributed by atoms with Crippen LogP contribution in [0.3, 0.4) is 0 Å². The smallest absolute Gasteiger partial charge is 0.261 e. The number of carbonyl (C=O) groups excluding carboxylic acids is 2. The van der Waals surface area contributed by atoms with Crippen LogP contribution in [0, 0.1) is 5.92 Å². The summed E-state index contributed by atoms with van der Waals surface area (Å²) in [4.78, 5) is 24.3. The Labute approximate surface area is 191 Å². The fraction of sp³-hybridized carbons (Fsp3) is 0.130. The second kappa shape index (κ2) is 9.84. The van der Waals surface area contributed by atoms with Gasteiger partial charge in [0.15, 0.2) is 0 Å². The van der Waals surface area contributed by atoms with Crippen molar-refractivity contribution in [3.05, 3.63) is 83.4 Å². The number of halogens is 1. The number of sulfonamides is 1. The van der Waals surface area contributed by atoms with E-state index >= 15 is 0 Å². The first kappa shape index (κ1) is 23.3. The molecule has 0 radical (unpaired) electrons. The highest BCUT2D eigenvalue weighted by atomic mass is 35.5. The van der Waals surface area contributed by atoms with Crippen LogP contribution in [0.5, 0.6) is 0 Å². The minimum atomic E-state index is -3.81. The predicted molar refractivity (Wildman–Crippen MR) is 127 cm³/mol. The minimum absolute atomic E-state index is 0.0225. The number of hydrogen-bond donors (Lipinski definition) is 3. The predicted octanol–water partition coefficient (Wildman–Crippen LogP) is 4.99. The van der Waals surface area contributed by atoms with E-state index in [1.54, 1.807) is 62.4 Å². The van der Waals surface area contributed by atoms with Crippen molar-refractivity contribution >= 4 is 50.5 Å². The highest BCUT2D eigenvalue weighted by Crippen LogP contribution is 2.20. The molecule has 0 aliphatic carbocycles. The van der Waals surface area contributed by atoms with Crippen molar-refractivity contribution in [2.45, 2.75) is 18.7 Å². The van der Waals surface area contributed by atoms with E-state index in [-0.39, 0.29) is 16.7 Å². The van der Waals surface area contributed by atoms with Gasteiger partial charge in [-0.3, -0.25) is 14.3 Å². The Kier molecular flexibility index (Phi) is 7.17. The van der Waals surface area contributed by atoms with Crippen molar-refractivity contribution < 1.29 is 18.0 Å². The van der Waals surface area contributed by atoms with Gasteiger partial charge in [0, 0.05) is 33.6 Å². The molecular weight excluding hydrogens is 450 g/mol. The van der Waals surface area contributed by atoms with E-state index in [2.05, 4.69) is 15.4 Å². The number of hydrogen-bond acceptors (Lipinski definition) is 4. The molecule has 0 unspecified atom stereocenters. The van der Waals surface area contributed by atoms with Gasteiger partial charge in [0.05, 0.1) is 4.90 Å². The summed E-state index contributed by atoms with van der Waals surface area (Å²) in [5, 5.41) is 6.01. The molecule has 0 saturated carbocycles. The number of nitrogens with one attached hydrogen (secondary N) is 3. The van der Waals surface area contributed by atoms with Gasteiger partial charge in [-0.25, -0.2) is 8.42 Å². The lowest BCUT2D eigenvalue weighted by Gasteiger charge is -2.10. The van der Waals surface area contributed by atoms with Crippen LogP contribution in [-0.2, 0) is 14.8 Å². The van der Waals surface area contributed by atoms with Crippen LogP contribution in [0.2, 0.25) is 5.02 Å². The number of benzene rings is 3. The zero-order valence-corrected chi connectivity index (χ0v) is 19.0. The number of carbonyl (C=O) groups is 2. The van der Waals surface area contributed by atoms with Gasteiger partial charge in [0.25, 0.3) is 15.9 Å². The maximum Gasteiger partial charge on any atom is 0.261 e. The molecule has 7 nitrogen and oxygen atoms in total. The summed E-state index contributed by atoms with van der Waals surface area (Å²) >= 11 is 5.81. The highest BCUT2D eigenvalue weighted by molar-refractivity contribution is 7.92. The van der Waals surface area contributed by atoms with Gasteiger partial charge in [-0.1, -0.05) is 25.4 Å². The molecular formula is C23H22ClN3O4S. The molecule has 2 amide bonds. The average Bonchev–Trinajstić information content (AvgIpc) is 2.76. The molecule has 3 rings (SSSR count). The standard InChI is InChI=1S/C23H22ClN3O4S/c1-15(2)22(28)25-18-9-11-19(12-10-18)26-23(29)16-3-13-21(14-4-16)32(30,31)27-20-7-5-17(24)6-8-20/h3-15,27H,1-2H3,(H,25,28)(H,26,29). The Morgan fingerprint density at radius 1 is 0.750 bits per heavy atom. The van der Waals surface area contributed by atoms with Crippen LogP contribution < -0.4 is 15.4 Å². The van der Waals surface area contributed by atoms with Crippen LogP contribution >= 0.6 is 11.6 Å². The minimum Gasteiger partial charge on any atom is -0.326 e. The topological polar surface area (TPSA) is 104 Å². The Morgan fingerprint density at radius 3 is 1.78 bits per heavy atom. The van der Waals surface area contributed by atoms with E-state index in [9.17, 15) is 18.0 Å². The summed E-state index contributed by atoms with van der Waals surface area (Å²) in [6.07, 6.45) is 0. The summed E-state index contributed by atoms with van der Waals surface area (Å²) in [6, 6.07) is 18.6. The van der Waals surface area contributed by atoms with E-state index in [1.807, 2.05) is 0 Å². The summed E-state index contributed by atoms with van der Waals surface area (Å²) in [5.41, 5.74) is 1.85. The Morgan fingerprint density at radius 2 is 1.25 bits per heavy atom. The fourth-order valence-corrected chi connectivity index (χ4v) is 3.83. The lowest BCUT2D eigenvalue weighted by atomic mass is 10.2. The Bertz CT molecular complexity index is 1210. The molecule has 3 N–H and O–H groups in total. The number of rotatable bonds is 7. The summed E-state index contributed by atoms with van der Waals surface area (Å²) in [5.74, 6) is -0.622. The molecule has 0 aliphatic rings. The third kappa shape index (κ3) is 6.09. The average molecular weight is 472 g/mol. The molecule has 0 fully saturated rings. The monoisotopic (exact) mass is 471 g/mol. The van der Waals surface area contributed by atoms with E-state index in [0.29, 0.717) is 27.6 Å². The van der Waals surface area contributed by atoms with Gasteiger partial charge >= 0.3 is 0 Å². The SMILES string of the molecule is CC(C)C(=O)Nc1ccc(NC(=O)c2ccc(S(=O)(=O)Nc3ccc(Cl)cc3)cc2)cc1. The molecule has 0 aromatic heterocycles. The fourth-order valence-electron chi connectivity index (χ4n) is 2.64. The lowest BCUT2D eigenvalue weighted by molar-refractivity contribution is -0.118. The molecule has 0 aliphatic heterocycles. The third-order valence-electron chi connectivity index (χ3n) is 4.46. The molecule has 0 atom stereocenters. The van der Waals surface area contributed by atoms with Crippen molar-refractivity contribution in [1.82, 2.24) is 0 Å².